The van der Waals surface area contributed by atoms with Gasteiger partial charge >= 0.3 is 35.5 Å². The molecule has 0 aromatic rings. The van der Waals surface area contributed by atoms with Gasteiger partial charge in [-0.25, -0.2) is 4.79 Å². The summed E-state index contributed by atoms with van der Waals surface area (Å²) >= 11 is 0. The minimum absolute atomic E-state index is 0. The molecule has 16 atom stereocenters. The SMILES string of the molecule is CC(=O)N[C@H]1[C@H](OCC[Si](C)(C)C)O[C@H](CO)[C@@H](O[C@@H]2O[C@H](CO)[C@H](O)[C@H](O[C@]3(C(=O)O)C[C@H](O)[C@@H](N=C(C)[O-])[C@H]([C@H](O)[C@H](O)CO)O3)[C@H]2O)[C@@H]1O.[Na+]. The molecule has 302 valence electrons. The van der Waals surface area contributed by atoms with Gasteiger partial charge in [-0.2, -0.15) is 0 Å². The molecule has 0 aromatic heterocycles. The van der Waals surface area contributed by atoms with Crippen LogP contribution in [0.2, 0.25) is 25.7 Å². The summed E-state index contributed by atoms with van der Waals surface area (Å²) in [5.41, 5.74) is 0. The first-order valence-electron chi connectivity index (χ1n) is 16.8. The van der Waals surface area contributed by atoms with E-state index in [9.17, 15) is 65.8 Å². The Balaban J connectivity index is 0.00000972. The Morgan fingerprint density at radius 2 is 1.57 bits per heavy atom. The molecular formula is C30H53N2NaO19Si. The van der Waals surface area contributed by atoms with Crippen LogP contribution in [0.3, 0.4) is 0 Å². The minimum atomic E-state index is -3.05. The van der Waals surface area contributed by atoms with Gasteiger partial charge in [0.05, 0.1) is 25.9 Å². The summed E-state index contributed by atoms with van der Waals surface area (Å²) < 4.78 is 34.3. The standard InChI is InChI=1S/C30H54N2O19Si.Na/c1-12(36)31-18-14(38)8-30(29(44)45,50-25(18)20(40)15(39)9-33)51-26-21(41)16(10-34)47-28(23(26)43)49-24-17(11-35)48-27(46-6-7-52(3,4)5)19(22(24)42)32-13(2)37;/h14-28,33-35,38-43H,6-11H2,1-5H3,(H,31,36)(H,32,37)(H,44,45);/q;+1/p-1/t14-,15+,16+,17+,18+,19+,20+,21-,22+,23+,24+,25+,26-,27+,28-,30-;/m0./s1. The Morgan fingerprint density at radius 1 is 0.962 bits per heavy atom. The van der Waals surface area contributed by atoms with Crippen molar-refractivity contribution in [2.75, 3.05) is 26.4 Å². The number of amides is 1. The number of carbonyl (C=O) groups excluding carboxylic acids is 1. The van der Waals surface area contributed by atoms with Crippen LogP contribution >= 0.6 is 0 Å². The number of nitrogens with one attached hydrogen (secondary N) is 1. The van der Waals surface area contributed by atoms with Crippen molar-refractivity contribution in [2.45, 2.75) is 144 Å². The number of carboxylic acids is 1. The summed E-state index contributed by atoms with van der Waals surface area (Å²) in [7, 11) is -1.58. The van der Waals surface area contributed by atoms with E-state index in [0.717, 1.165) is 6.92 Å². The van der Waals surface area contributed by atoms with Gasteiger partial charge in [0.25, 0.3) is 5.79 Å². The molecule has 0 radical (unpaired) electrons. The van der Waals surface area contributed by atoms with E-state index in [-0.39, 0.29) is 36.2 Å². The number of nitrogens with zero attached hydrogens (tertiary/aromatic N) is 1. The van der Waals surface area contributed by atoms with Crippen molar-refractivity contribution >= 4 is 25.8 Å². The van der Waals surface area contributed by atoms with Gasteiger partial charge < -0.3 is 89.9 Å². The molecule has 3 aliphatic heterocycles. The zero-order valence-corrected chi connectivity index (χ0v) is 33.5. The molecule has 3 rings (SSSR count). The molecule has 3 heterocycles. The zero-order valence-electron chi connectivity index (χ0n) is 30.5. The van der Waals surface area contributed by atoms with Gasteiger partial charge in [-0.3, -0.25) is 9.79 Å². The molecule has 0 aromatic carbocycles. The number of ether oxygens (including phenoxy) is 6. The van der Waals surface area contributed by atoms with Gasteiger partial charge in [-0.05, 0) is 18.9 Å². The van der Waals surface area contributed by atoms with Crippen molar-refractivity contribution in [3.05, 3.63) is 0 Å². The summed E-state index contributed by atoms with van der Waals surface area (Å²) in [6.07, 6.45) is -24.9. The Labute approximate surface area is 328 Å². The third-order valence-electron chi connectivity index (χ3n) is 8.91. The molecule has 1 amide bonds. The Bertz CT molecular complexity index is 1210. The molecule has 3 fully saturated rings. The van der Waals surface area contributed by atoms with Gasteiger partial charge in [-0.15, -0.1) is 0 Å². The smallest absolute Gasteiger partial charge is 0.862 e. The number of rotatable bonds is 16. The van der Waals surface area contributed by atoms with Crippen LogP contribution in [0.15, 0.2) is 4.99 Å². The first kappa shape index (κ1) is 48.2. The van der Waals surface area contributed by atoms with E-state index < -0.39 is 150 Å². The van der Waals surface area contributed by atoms with Crippen LogP contribution in [0.4, 0.5) is 0 Å². The van der Waals surface area contributed by atoms with Crippen molar-refractivity contribution in [1.29, 1.82) is 0 Å². The largest absolute Gasteiger partial charge is 1.00 e. The van der Waals surface area contributed by atoms with E-state index in [4.69, 9.17) is 28.4 Å². The number of aliphatic hydroxyl groups excluding tert-OH is 9. The number of hydrogen-bond acceptors (Lipinski definition) is 19. The fourth-order valence-corrected chi connectivity index (χ4v) is 6.84. The summed E-state index contributed by atoms with van der Waals surface area (Å²) in [6, 6.07) is -2.24. The van der Waals surface area contributed by atoms with Crippen molar-refractivity contribution in [2.24, 2.45) is 4.99 Å². The maximum absolute atomic E-state index is 12.8. The van der Waals surface area contributed by atoms with E-state index in [1.807, 2.05) is 0 Å². The van der Waals surface area contributed by atoms with Crippen LogP contribution in [0.25, 0.3) is 0 Å². The first-order valence-corrected chi connectivity index (χ1v) is 20.5. The molecule has 21 nitrogen and oxygen atoms in total. The third-order valence-corrected chi connectivity index (χ3v) is 10.6. The van der Waals surface area contributed by atoms with Crippen LogP contribution in [0.1, 0.15) is 20.3 Å². The normalized spacial score (nSPS) is 39.4. The number of aliphatic hydroxyl groups is 9. The van der Waals surface area contributed by atoms with Crippen LogP contribution in [0, 0.1) is 0 Å². The van der Waals surface area contributed by atoms with Gasteiger partial charge in [0.1, 0.15) is 73.1 Å². The summed E-state index contributed by atoms with van der Waals surface area (Å²) in [5, 5.41) is 120. The average molecular weight is 797 g/mol. The molecule has 0 bridgehead atoms. The maximum Gasteiger partial charge on any atom is 1.00 e. The molecule has 0 aliphatic carbocycles. The van der Waals surface area contributed by atoms with E-state index in [1.165, 1.54) is 6.92 Å². The van der Waals surface area contributed by atoms with Gasteiger partial charge in [0, 0.05) is 28.0 Å². The molecule has 53 heavy (non-hydrogen) atoms. The van der Waals surface area contributed by atoms with E-state index in [0.29, 0.717) is 6.04 Å². The number of aliphatic carboxylic acids is 1. The van der Waals surface area contributed by atoms with Crippen molar-refractivity contribution in [3.63, 3.8) is 0 Å². The number of carbonyl (C=O) groups is 2. The van der Waals surface area contributed by atoms with Gasteiger partial charge in [0.2, 0.25) is 5.91 Å². The number of hydrogen-bond donors (Lipinski definition) is 11. The Morgan fingerprint density at radius 3 is 2.08 bits per heavy atom. The Hall–Kier alpha value is -0.973. The predicted molar refractivity (Wildman–Crippen MR) is 173 cm³/mol. The second kappa shape index (κ2) is 20.4. The molecule has 3 aliphatic rings. The topological polar surface area (TPSA) is 339 Å². The molecule has 0 saturated carbocycles. The first-order chi connectivity index (χ1) is 24.2. The average Bonchev–Trinajstić information content (AvgIpc) is 3.06. The second-order valence-corrected chi connectivity index (χ2v) is 19.9. The fourth-order valence-electron chi connectivity index (χ4n) is 6.11. The molecular weight excluding hydrogens is 743 g/mol. The second-order valence-electron chi connectivity index (χ2n) is 14.3. The summed E-state index contributed by atoms with van der Waals surface area (Å²) in [4.78, 5) is 28.5. The monoisotopic (exact) mass is 796 g/mol. The quantitative estimate of drug-likeness (QED) is 0.0392. The van der Waals surface area contributed by atoms with Crippen LogP contribution < -0.4 is 40.0 Å². The summed E-state index contributed by atoms with van der Waals surface area (Å²) in [6.45, 7) is 5.89. The number of aliphatic imine (C=N–C) groups is 1. The Kier molecular flexibility index (Phi) is 18.6. The predicted octanol–water partition coefficient (Wildman–Crippen LogP) is -9.07. The molecule has 3 saturated heterocycles. The summed E-state index contributed by atoms with van der Waals surface area (Å²) in [5.74, 6) is -6.47. The van der Waals surface area contributed by atoms with Crippen LogP contribution in [-0.4, -0.2) is 201 Å². The van der Waals surface area contributed by atoms with Crippen LogP contribution in [0.5, 0.6) is 0 Å². The van der Waals surface area contributed by atoms with E-state index in [1.54, 1.807) is 0 Å². The minimum Gasteiger partial charge on any atom is -0.862 e. The van der Waals surface area contributed by atoms with Gasteiger partial charge in [-0.1, -0.05) is 19.6 Å². The molecule has 11 N–H and O–H groups in total. The van der Waals surface area contributed by atoms with Crippen LogP contribution in [-0.2, 0) is 38.0 Å². The van der Waals surface area contributed by atoms with Gasteiger partial charge in [0.15, 0.2) is 12.6 Å². The number of carboxylic acid groups (broad SMARTS) is 1. The zero-order chi connectivity index (χ0) is 39.3. The van der Waals surface area contributed by atoms with Crippen molar-refractivity contribution in [1.82, 2.24) is 5.32 Å². The fraction of sp³-hybridized carbons (Fsp3) is 0.900. The van der Waals surface area contributed by atoms with Crippen molar-refractivity contribution in [3.8, 4) is 0 Å². The molecule has 0 unspecified atom stereocenters. The maximum atomic E-state index is 12.8. The third kappa shape index (κ3) is 12.0. The molecule has 23 heteroatoms. The van der Waals surface area contributed by atoms with E-state index in [2.05, 4.69) is 30.0 Å². The van der Waals surface area contributed by atoms with Crippen molar-refractivity contribution < 1.29 is 124 Å². The van der Waals surface area contributed by atoms with E-state index >= 15 is 0 Å². The molecule has 0 spiro atoms.